The molecular formula is C14H13ClFNO. The predicted octanol–water partition coefficient (Wildman–Crippen LogP) is 3.95. The highest BCUT2D eigenvalue weighted by atomic mass is 35.5. The van der Waals surface area contributed by atoms with Crippen LogP contribution in [-0.4, -0.2) is 0 Å². The summed E-state index contributed by atoms with van der Waals surface area (Å²) in [4.78, 5) is 0. The van der Waals surface area contributed by atoms with Crippen molar-refractivity contribution in [1.29, 1.82) is 0 Å². The van der Waals surface area contributed by atoms with Crippen molar-refractivity contribution in [1.82, 2.24) is 0 Å². The van der Waals surface area contributed by atoms with Crippen molar-refractivity contribution in [3.05, 3.63) is 58.4 Å². The van der Waals surface area contributed by atoms with Crippen LogP contribution in [0.5, 0.6) is 5.75 Å². The highest BCUT2D eigenvalue weighted by Crippen LogP contribution is 2.24. The molecule has 0 aliphatic rings. The third-order valence-corrected chi connectivity index (χ3v) is 2.98. The summed E-state index contributed by atoms with van der Waals surface area (Å²) in [6.07, 6.45) is 0. The van der Waals surface area contributed by atoms with Crippen LogP contribution in [0.3, 0.4) is 0 Å². The molecule has 0 amide bonds. The molecule has 2 nitrogen and oxygen atoms in total. The fraction of sp³-hybridized carbons (Fsp3) is 0.143. The monoisotopic (exact) mass is 265 g/mol. The van der Waals surface area contributed by atoms with Gasteiger partial charge in [-0.2, -0.15) is 0 Å². The number of hydrogen-bond donors (Lipinski definition) is 1. The van der Waals surface area contributed by atoms with Crippen molar-refractivity contribution < 1.29 is 9.13 Å². The third kappa shape index (κ3) is 2.74. The zero-order valence-electron chi connectivity index (χ0n) is 9.91. The van der Waals surface area contributed by atoms with Crippen molar-refractivity contribution in [2.75, 3.05) is 5.73 Å². The minimum Gasteiger partial charge on any atom is -0.486 e. The van der Waals surface area contributed by atoms with E-state index in [1.807, 2.05) is 0 Å². The average molecular weight is 266 g/mol. The van der Waals surface area contributed by atoms with E-state index >= 15 is 0 Å². The van der Waals surface area contributed by atoms with E-state index in [4.69, 9.17) is 22.1 Å². The summed E-state index contributed by atoms with van der Waals surface area (Å²) in [5, 5.41) is 0.553. The van der Waals surface area contributed by atoms with Crippen LogP contribution in [0, 0.1) is 12.7 Å². The van der Waals surface area contributed by atoms with Gasteiger partial charge in [-0.15, -0.1) is 0 Å². The van der Waals surface area contributed by atoms with E-state index in [-0.39, 0.29) is 18.2 Å². The summed E-state index contributed by atoms with van der Waals surface area (Å²) < 4.78 is 19.1. The lowest BCUT2D eigenvalue weighted by molar-refractivity contribution is 0.290. The summed E-state index contributed by atoms with van der Waals surface area (Å²) in [5.74, 6) is -0.133. The van der Waals surface area contributed by atoms with Crippen LogP contribution in [0.4, 0.5) is 10.1 Å². The van der Waals surface area contributed by atoms with Gasteiger partial charge < -0.3 is 10.5 Å². The van der Waals surface area contributed by atoms with E-state index in [0.29, 0.717) is 16.3 Å². The first-order valence-electron chi connectivity index (χ1n) is 5.50. The second kappa shape index (κ2) is 5.27. The number of rotatable bonds is 3. The first kappa shape index (κ1) is 12.7. The number of halogens is 2. The molecule has 0 unspecified atom stereocenters. The van der Waals surface area contributed by atoms with Crippen LogP contribution in [-0.2, 0) is 6.61 Å². The van der Waals surface area contributed by atoms with Gasteiger partial charge in [0.25, 0.3) is 0 Å². The second-order valence-corrected chi connectivity index (χ2v) is 4.43. The summed E-state index contributed by atoms with van der Waals surface area (Å²) in [5.41, 5.74) is 7.54. The number of nitrogen functional groups attached to an aromatic ring is 1. The molecule has 0 spiro atoms. The lowest BCUT2D eigenvalue weighted by atomic mass is 10.2. The van der Waals surface area contributed by atoms with Gasteiger partial charge in [-0.1, -0.05) is 23.7 Å². The van der Waals surface area contributed by atoms with Crippen molar-refractivity contribution in [2.45, 2.75) is 13.5 Å². The normalized spacial score (nSPS) is 10.4. The van der Waals surface area contributed by atoms with Crippen LogP contribution in [0.15, 0.2) is 36.4 Å². The smallest absolute Gasteiger partial charge is 0.167 e. The van der Waals surface area contributed by atoms with E-state index in [1.165, 1.54) is 0 Å². The van der Waals surface area contributed by atoms with Crippen molar-refractivity contribution in [3.63, 3.8) is 0 Å². The highest BCUT2D eigenvalue weighted by Gasteiger charge is 2.07. The molecule has 0 saturated heterocycles. The minimum atomic E-state index is -0.350. The van der Waals surface area contributed by atoms with E-state index in [2.05, 4.69) is 0 Å². The zero-order chi connectivity index (χ0) is 13.1. The van der Waals surface area contributed by atoms with Crippen molar-refractivity contribution in [3.8, 4) is 5.75 Å². The van der Waals surface area contributed by atoms with Crippen LogP contribution in [0.25, 0.3) is 0 Å². The molecule has 94 valence electrons. The predicted molar refractivity (Wildman–Crippen MR) is 71.3 cm³/mol. The van der Waals surface area contributed by atoms with Crippen LogP contribution >= 0.6 is 11.6 Å². The SMILES string of the molecule is Cc1cccc(OCc2cc(N)ccc2Cl)c1F. The third-order valence-electron chi connectivity index (χ3n) is 2.61. The Kier molecular flexibility index (Phi) is 3.72. The molecular weight excluding hydrogens is 253 g/mol. The molecule has 0 radical (unpaired) electrons. The Hall–Kier alpha value is -1.74. The molecule has 0 atom stereocenters. The quantitative estimate of drug-likeness (QED) is 0.853. The first-order valence-corrected chi connectivity index (χ1v) is 5.87. The molecule has 0 bridgehead atoms. The van der Waals surface area contributed by atoms with Gasteiger partial charge >= 0.3 is 0 Å². The van der Waals surface area contributed by atoms with Gasteiger partial charge in [0.2, 0.25) is 0 Å². The van der Waals surface area contributed by atoms with Gasteiger partial charge in [-0.3, -0.25) is 0 Å². The van der Waals surface area contributed by atoms with E-state index in [9.17, 15) is 4.39 Å². The van der Waals surface area contributed by atoms with Gasteiger partial charge in [0.05, 0.1) is 0 Å². The molecule has 2 N–H and O–H groups in total. The largest absolute Gasteiger partial charge is 0.486 e. The fourth-order valence-electron chi connectivity index (χ4n) is 1.59. The number of hydrogen-bond acceptors (Lipinski definition) is 2. The van der Waals surface area contributed by atoms with Crippen molar-refractivity contribution in [2.24, 2.45) is 0 Å². The molecule has 0 heterocycles. The Morgan fingerprint density at radius 1 is 1.28 bits per heavy atom. The molecule has 0 saturated carbocycles. The molecule has 18 heavy (non-hydrogen) atoms. The molecule has 0 aliphatic heterocycles. The Morgan fingerprint density at radius 2 is 2.06 bits per heavy atom. The maximum atomic E-state index is 13.7. The lowest BCUT2D eigenvalue weighted by Gasteiger charge is -2.10. The standard InChI is InChI=1S/C14H13ClFNO/c1-9-3-2-4-13(14(9)16)18-8-10-7-11(17)5-6-12(10)15/h2-7H,8,17H2,1H3. The highest BCUT2D eigenvalue weighted by molar-refractivity contribution is 6.31. The fourth-order valence-corrected chi connectivity index (χ4v) is 1.76. The number of benzene rings is 2. The number of ether oxygens (including phenoxy) is 1. The van der Waals surface area contributed by atoms with Crippen LogP contribution in [0.2, 0.25) is 5.02 Å². The first-order chi connectivity index (χ1) is 8.58. The van der Waals surface area contributed by atoms with E-state index in [1.54, 1.807) is 43.3 Å². The Labute approximate surface area is 110 Å². The Balaban J connectivity index is 2.16. The number of nitrogens with two attached hydrogens (primary N) is 1. The van der Waals surface area contributed by atoms with Gasteiger partial charge in [0.15, 0.2) is 11.6 Å². The van der Waals surface area contributed by atoms with Gasteiger partial charge in [-0.05, 0) is 36.8 Å². The number of aryl methyl sites for hydroxylation is 1. The van der Waals surface area contributed by atoms with Crippen LogP contribution < -0.4 is 10.5 Å². The minimum absolute atomic E-state index is 0.185. The molecule has 0 fully saturated rings. The molecule has 0 aromatic heterocycles. The summed E-state index contributed by atoms with van der Waals surface area (Å²) in [7, 11) is 0. The average Bonchev–Trinajstić information content (AvgIpc) is 2.35. The summed E-state index contributed by atoms with van der Waals surface area (Å²) in [6, 6.07) is 10.1. The van der Waals surface area contributed by atoms with Crippen molar-refractivity contribution >= 4 is 17.3 Å². The van der Waals surface area contributed by atoms with Gasteiger partial charge in [0.1, 0.15) is 6.61 Å². The zero-order valence-corrected chi connectivity index (χ0v) is 10.7. The van der Waals surface area contributed by atoms with Crippen LogP contribution in [0.1, 0.15) is 11.1 Å². The topological polar surface area (TPSA) is 35.2 Å². The Morgan fingerprint density at radius 3 is 2.83 bits per heavy atom. The molecule has 4 heteroatoms. The summed E-state index contributed by atoms with van der Waals surface area (Å²) in [6.45, 7) is 1.87. The molecule has 2 aromatic rings. The second-order valence-electron chi connectivity index (χ2n) is 4.03. The van der Waals surface area contributed by atoms with Gasteiger partial charge in [0, 0.05) is 16.3 Å². The maximum absolute atomic E-state index is 13.7. The maximum Gasteiger partial charge on any atom is 0.167 e. The van der Waals surface area contributed by atoms with Gasteiger partial charge in [-0.25, -0.2) is 4.39 Å². The lowest BCUT2D eigenvalue weighted by Crippen LogP contribution is -2.00. The molecule has 2 aromatic carbocycles. The van der Waals surface area contributed by atoms with E-state index in [0.717, 1.165) is 5.56 Å². The summed E-state index contributed by atoms with van der Waals surface area (Å²) >= 11 is 6.00. The Bertz CT molecular complexity index is 570. The molecule has 2 rings (SSSR count). The molecule has 0 aliphatic carbocycles. The number of anilines is 1. The van der Waals surface area contributed by atoms with E-state index < -0.39 is 0 Å².